The molecule has 0 amide bonds. The highest BCUT2D eigenvalue weighted by Gasteiger charge is 2.06. The largest absolute Gasteiger partial charge is 0.375 e. The third-order valence-electron chi connectivity index (χ3n) is 0.737. The molecule has 4 heteroatoms. The number of aliphatic hydroxyl groups excluding tert-OH is 2. The quantitative estimate of drug-likeness (QED) is 0.331. The summed E-state index contributed by atoms with van der Waals surface area (Å²) in [5.74, 6) is 0. The normalized spacial score (nSPS) is 18.0. The molecular formula is C4H12N2O2. The van der Waals surface area contributed by atoms with E-state index in [4.69, 9.17) is 15.9 Å². The smallest absolute Gasteiger partial charge is 0.144 e. The van der Waals surface area contributed by atoms with Crippen LogP contribution in [0.4, 0.5) is 0 Å². The fourth-order valence-electron chi connectivity index (χ4n) is 0.330. The molecule has 2 atom stereocenters. The Morgan fingerprint density at radius 3 is 2.25 bits per heavy atom. The van der Waals surface area contributed by atoms with Gasteiger partial charge in [0.25, 0.3) is 0 Å². The Hall–Kier alpha value is -0.160. The van der Waals surface area contributed by atoms with E-state index in [2.05, 4.69) is 5.32 Å². The molecule has 0 aliphatic carbocycles. The van der Waals surface area contributed by atoms with Crippen molar-refractivity contribution in [1.29, 1.82) is 0 Å². The van der Waals surface area contributed by atoms with E-state index in [1.807, 2.05) is 6.92 Å². The van der Waals surface area contributed by atoms with E-state index in [0.29, 0.717) is 6.54 Å². The Morgan fingerprint density at radius 1 is 1.62 bits per heavy atom. The Kier molecular flexibility index (Phi) is 3.72. The van der Waals surface area contributed by atoms with Gasteiger partial charge in [-0.1, -0.05) is 6.92 Å². The van der Waals surface area contributed by atoms with Gasteiger partial charge in [-0.3, -0.25) is 5.32 Å². The molecule has 8 heavy (non-hydrogen) atoms. The molecule has 0 aliphatic rings. The Labute approximate surface area is 48.3 Å². The third-order valence-corrected chi connectivity index (χ3v) is 0.737. The fourth-order valence-corrected chi connectivity index (χ4v) is 0.330. The highest BCUT2D eigenvalue weighted by atomic mass is 16.3. The first-order valence-electron chi connectivity index (χ1n) is 2.53. The lowest BCUT2D eigenvalue weighted by molar-refractivity contribution is 0.00351. The van der Waals surface area contributed by atoms with Gasteiger partial charge < -0.3 is 15.9 Å². The summed E-state index contributed by atoms with van der Waals surface area (Å²) in [5, 5.41) is 19.6. The molecule has 5 N–H and O–H groups in total. The summed E-state index contributed by atoms with van der Waals surface area (Å²) < 4.78 is 0. The third kappa shape index (κ3) is 2.92. The topological polar surface area (TPSA) is 78.5 Å². The summed E-state index contributed by atoms with van der Waals surface area (Å²) in [7, 11) is 0. The van der Waals surface area contributed by atoms with E-state index in [9.17, 15) is 0 Å². The lowest BCUT2D eigenvalue weighted by Gasteiger charge is -2.12. The van der Waals surface area contributed by atoms with Crippen LogP contribution < -0.4 is 11.1 Å². The molecule has 0 bridgehead atoms. The minimum Gasteiger partial charge on any atom is -0.375 e. The zero-order valence-electron chi connectivity index (χ0n) is 4.83. The summed E-state index contributed by atoms with van der Waals surface area (Å²) in [5.41, 5.74) is 4.87. The number of hydrogen-bond donors (Lipinski definition) is 4. The van der Waals surface area contributed by atoms with Crippen LogP contribution in [0.3, 0.4) is 0 Å². The van der Waals surface area contributed by atoms with Crippen molar-refractivity contribution < 1.29 is 10.2 Å². The van der Waals surface area contributed by atoms with Gasteiger partial charge in [-0.25, -0.2) is 0 Å². The number of nitrogens with one attached hydrogen (secondary N) is 1. The molecule has 50 valence electrons. The maximum atomic E-state index is 8.64. The van der Waals surface area contributed by atoms with Crippen molar-refractivity contribution >= 4 is 0 Å². The average molecular weight is 120 g/mol. The van der Waals surface area contributed by atoms with Gasteiger partial charge in [0.15, 0.2) is 0 Å². The van der Waals surface area contributed by atoms with Crippen LogP contribution in [-0.2, 0) is 0 Å². The second kappa shape index (κ2) is 3.80. The number of rotatable bonds is 3. The molecule has 0 rings (SSSR count). The van der Waals surface area contributed by atoms with Crippen molar-refractivity contribution in [3.8, 4) is 0 Å². The number of nitrogens with two attached hydrogens (primary N) is 1. The van der Waals surface area contributed by atoms with Gasteiger partial charge in [0.05, 0.1) is 0 Å². The van der Waals surface area contributed by atoms with Gasteiger partial charge in [-0.05, 0) is 6.54 Å². The standard InChI is InChI=1S/C4H12N2O2/c1-2-6-4(8)3(5)7/h3-4,6-8H,2,5H2,1H3. The van der Waals surface area contributed by atoms with Crippen LogP contribution in [0.15, 0.2) is 0 Å². The molecule has 0 aromatic heterocycles. The second-order valence-corrected chi connectivity index (χ2v) is 1.49. The van der Waals surface area contributed by atoms with Crippen LogP contribution >= 0.6 is 0 Å². The Bertz CT molecular complexity index is 58.0. The van der Waals surface area contributed by atoms with Crippen LogP contribution in [0.2, 0.25) is 0 Å². The zero-order valence-corrected chi connectivity index (χ0v) is 4.83. The first-order valence-corrected chi connectivity index (χ1v) is 2.53. The second-order valence-electron chi connectivity index (χ2n) is 1.49. The Balaban J connectivity index is 3.17. The molecule has 0 saturated heterocycles. The molecule has 0 heterocycles. The molecule has 0 aromatic rings. The molecule has 0 spiro atoms. The van der Waals surface area contributed by atoms with E-state index in [0.717, 1.165) is 0 Å². The lowest BCUT2D eigenvalue weighted by atomic mass is 10.5. The predicted molar refractivity (Wildman–Crippen MR) is 29.9 cm³/mol. The maximum absolute atomic E-state index is 8.64. The van der Waals surface area contributed by atoms with Crippen LogP contribution in [0.5, 0.6) is 0 Å². The molecule has 0 fully saturated rings. The van der Waals surface area contributed by atoms with Gasteiger partial charge in [-0.15, -0.1) is 0 Å². The molecule has 0 saturated carbocycles. The number of likely N-dealkylation sites (N-methyl/N-ethyl adjacent to an activating group) is 1. The summed E-state index contributed by atoms with van der Waals surface area (Å²) in [6, 6.07) is 0. The Morgan fingerprint density at radius 2 is 2.12 bits per heavy atom. The summed E-state index contributed by atoms with van der Waals surface area (Å²) in [6.45, 7) is 2.40. The minimum atomic E-state index is -1.19. The van der Waals surface area contributed by atoms with Crippen molar-refractivity contribution in [1.82, 2.24) is 5.32 Å². The zero-order chi connectivity index (χ0) is 6.57. The van der Waals surface area contributed by atoms with E-state index < -0.39 is 12.5 Å². The van der Waals surface area contributed by atoms with Crippen molar-refractivity contribution in [3.63, 3.8) is 0 Å². The molecule has 0 radical (unpaired) electrons. The van der Waals surface area contributed by atoms with Gasteiger partial charge in [-0.2, -0.15) is 0 Å². The van der Waals surface area contributed by atoms with Crippen LogP contribution in [0.1, 0.15) is 6.92 Å². The van der Waals surface area contributed by atoms with Gasteiger partial charge >= 0.3 is 0 Å². The lowest BCUT2D eigenvalue weighted by Crippen LogP contribution is -2.44. The molecule has 0 aromatic carbocycles. The van der Waals surface area contributed by atoms with Crippen LogP contribution in [0.25, 0.3) is 0 Å². The fraction of sp³-hybridized carbons (Fsp3) is 1.00. The van der Waals surface area contributed by atoms with E-state index in [1.54, 1.807) is 0 Å². The SMILES string of the molecule is CCNC(O)C(N)O. The monoisotopic (exact) mass is 120 g/mol. The molecular weight excluding hydrogens is 108 g/mol. The first-order chi connectivity index (χ1) is 3.68. The molecule has 4 nitrogen and oxygen atoms in total. The summed E-state index contributed by atoms with van der Waals surface area (Å²) in [4.78, 5) is 0. The molecule has 0 aliphatic heterocycles. The van der Waals surface area contributed by atoms with E-state index >= 15 is 0 Å². The van der Waals surface area contributed by atoms with Gasteiger partial charge in [0, 0.05) is 0 Å². The first kappa shape index (κ1) is 7.84. The van der Waals surface area contributed by atoms with Crippen molar-refractivity contribution in [2.45, 2.75) is 19.4 Å². The van der Waals surface area contributed by atoms with Crippen molar-refractivity contribution in [3.05, 3.63) is 0 Å². The summed E-state index contributed by atoms with van der Waals surface area (Å²) in [6.07, 6.45) is -2.19. The summed E-state index contributed by atoms with van der Waals surface area (Å²) >= 11 is 0. The number of aliphatic hydroxyl groups is 2. The van der Waals surface area contributed by atoms with Crippen LogP contribution in [0, 0.1) is 0 Å². The van der Waals surface area contributed by atoms with Crippen LogP contribution in [-0.4, -0.2) is 29.2 Å². The predicted octanol–water partition coefficient (Wildman–Crippen LogP) is -1.81. The van der Waals surface area contributed by atoms with E-state index in [-0.39, 0.29) is 0 Å². The maximum Gasteiger partial charge on any atom is 0.144 e. The minimum absolute atomic E-state index is 0.593. The van der Waals surface area contributed by atoms with Crippen molar-refractivity contribution in [2.75, 3.05) is 6.54 Å². The van der Waals surface area contributed by atoms with E-state index in [1.165, 1.54) is 0 Å². The van der Waals surface area contributed by atoms with Gasteiger partial charge in [0.1, 0.15) is 12.5 Å². The average Bonchev–Trinajstić information content (AvgIpc) is 1.67. The van der Waals surface area contributed by atoms with Crippen molar-refractivity contribution in [2.24, 2.45) is 5.73 Å². The highest BCUT2D eigenvalue weighted by Crippen LogP contribution is 1.76. The number of hydrogen-bond acceptors (Lipinski definition) is 4. The van der Waals surface area contributed by atoms with Gasteiger partial charge in [0.2, 0.25) is 0 Å². The highest BCUT2D eigenvalue weighted by molar-refractivity contribution is 4.54. The molecule has 2 unspecified atom stereocenters.